The van der Waals surface area contributed by atoms with Crippen LogP contribution in [0.25, 0.3) is 6.08 Å². The van der Waals surface area contributed by atoms with E-state index in [0.717, 1.165) is 19.3 Å². The molecule has 0 heterocycles. The maximum absolute atomic E-state index is 10.2. The van der Waals surface area contributed by atoms with Crippen molar-refractivity contribution in [2.75, 3.05) is 0 Å². The average molecular weight is 202 g/mol. The molecule has 2 rings (SSSR count). The van der Waals surface area contributed by atoms with Crippen molar-refractivity contribution in [3.63, 3.8) is 0 Å². The topological polar surface area (TPSA) is 20.2 Å². The zero-order chi connectivity index (χ0) is 10.7. The third-order valence-electron chi connectivity index (χ3n) is 3.19. The molecule has 15 heavy (non-hydrogen) atoms. The molecule has 1 heteroatoms. The van der Waals surface area contributed by atoms with E-state index in [0.29, 0.717) is 0 Å². The molecule has 0 unspecified atom stereocenters. The van der Waals surface area contributed by atoms with Crippen molar-refractivity contribution >= 4 is 6.08 Å². The fraction of sp³-hybridized carbons (Fsp3) is 0.429. The van der Waals surface area contributed by atoms with Gasteiger partial charge in [-0.15, -0.1) is 0 Å². The van der Waals surface area contributed by atoms with Gasteiger partial charge in [0.15, 0.2) is 0 Å². The van der Waals surface area contributed by atoms with Gasteiger partial charge in [0.2, 0.25) is 0 Å². The van der Waals surface area contributed by atoms with Crippen molar-refractivity contribution < 1.29 is 5.11 Å². The zero-order valence-electron chi connectivity index (χ0n) is 9.24. The van der Waals surface area contributed by atoms with Crippen molar-refractivity contribution in [1.29, 1.82) is 0 Å². The van der Waals surface area contributed by atoms with Crippen LogP contribution in [0.4, 0.5) is 0 Å². The van der Waals surface area contributed by atoms with Crippen molar-refractivity contribution in [2.24, 2.45) is 0 Å². The summed E-state index contributed by atoms with van der Waals surface area (Å²) in [5.41, 5.74) is 1.78. The van der Waals surface area contributed by atoms with E-state index < -0.39 is 5.60 Å². The van der Waals surface area contributed by atoms with Gasteiger partial charge in [-0.1, -0.05) is 36.4 Å². The standard InChI is InChI=1S/C14H18O/c1-14(15)10-6-5-9-13(14)11-12-7-3-2-4-8-12/h2-4,7-8,11,15H,5-6,9-10H2,1H3/b13-11+/t14-/m0/s1. The van der Waals surface area contributed by atoms with Crippen LogP contribution in [-0.4, -0.2) is 10.7 Å². The molecular weight excluding hydrogens is 184 g/mol. The van der Waals surface area contributed by atoms with Crippen LogP contribution in [0.1, 0.15) is 38.2 Å². The minimum Gasteiger partial charge on any atom is -0.386 e. The van der Waals surface area contributed by atoms with Crippen LogP contribution in [0.3, 0.4) is 0 Å². The van der Waals surface area contributed by atoms with E-state index in [1.807, 2.05) is 25.1 Å². The molecule has 0 radical (unpaired) electrons. The molecule has 0 amide bonds. The monoisotopic (exact) mass is 202 g/mol. The molecule has 1 aliphatic carbocycles. The van der Waals surface area contributed by atoms with E-state index in [4.69, 9.17) is 0 Å². The first-order valence-electron chi connectivity index (χ1n) is 5.67. The Balaban J connectivity index is 2.25. The second kappa shape index (κ2) is 4.19. The molecule has 1 aliphatic rings. The fourth-order valence-electron chi connectivity index (χ4n) is 2.19. The zero-order valence-corrected chi connectivity index (χ0v) is 9.24. The maximum atomic E-state index is 10.2. The number of rotatable bonds is 1. The highest BCUT2D eigenvalue weighted by Gasteiger charge is 2.28. The Morgan fingerprint density at radius 1 is 1.20 bits per heavy atom. The van der Waals surface area contributed by atoms with Gasteiger partial charge in [0, 0.05) is 0 Å². The van der Waals surface area contributed by atoms with E-state index in [-0.39, 0.29) is 0 Å². The Morgan fingerprint density at radius 3 is 2.60 bits per heavy atom. The highest BCUT2D eigenvalue weighted by Crippen LogP contribution is 2.33. The van der Waals surface area contributed by atoms with Gasteiger partial charge in [0.1, 0.15) is 0 Å². The molecule has 0 saturated heterocycles. The van der Waals surface area contributed by atoms with Crippen molar-refractivity contribution in [1.82, 2.24) is 0 Å². The number of aliphatic hydroxyl groups is 1. The number of hydrogen-bond acceptors (Lipinski definition) is 1. The summed E-state index contributed by atoms with van der Waals surface area (Å²) in [6, 6.07) is 10.2. The minimum absolute atomic E-state index is 0.589. The second-order valence-electron chi connectivity index (χ2n) is 4.56. The highest BCUT2D eigenvalue weighted by molar-refractivity contribution is 5.55. The predicted molar refractivity (Wildman–Crippen MR) is 63.5 cm³/mol. The lowest BCUT2D eigenvalue weighted by molar-refractivity contribution is 0.0721. The lowest BCUT2D eigenvalue weighted by atomic mass is 9.81. The highest BCUT2D eigenvalue weighted by atomic mass is 16.3. The third kappa shape index (κ3) is 2.48. The Hall–Kier alpha value is -1.08. The largest absolute Gasteiger partial charge is 0.386 e. The Kier molecular flexibility index (Phi) is 2.92. The van der Waals surface area contributed by atoms with Crippen LogP contribution >= 0.6 is 0 Å². The Bertz CT molecular complexity index is 349. The van der Waals surface area contributed by atoms with E-state index in [2.05, 4.69) is 18.2 Å². The van der Waals surface area contributed by atoms with Gasteiger partial charge < -0.3 is 5.11 Å². The molecule has 1 atom stereocenters. The summed E-state index contributed by atoms with van der Waals surface area (Å²) in [5.74, 6) is 0. The quantitative estimate of drug-likeness (QED) is 0.740. The summed E-state index contributed by atoms with van der Waals surface area (Å²) in [5, 5.41) is 10.2. The summed E-state index contributed by atoms with van der Waals surface area (Å²) >= 11 is 0. The average Bonchev–Trinajstić information content (AvgIpc) is 2.23. The maximum Gasteiger partial charge on any atom is 0.0832 e. The van der Waals surface area contributed by atoms with Gasteiger partial charge in [-0.05, 0) is 43.7 Å². The molecular formula is C14H18O. The lowest BCUT2D eigenvalue weighted by Gasteiger charge is -2.31. The van der Waals surface area contributed by atoms with Gasteiger partial charge in [-0.2, -0.15) is 0 Å². The molecule has 1 saturated carbocycles. The molecule has 80 valence electrons. The van der Waals surface area contributed by atoms with Crippen molar-refractivity contribution in [2.45, 2.75) is 38.2 Å². The van der Waals surface area contributed by atoms with Gasteiger partial charge in [0.05, 0.1) is 5.60 Å². The van der Waals surface area contributed by atoms with Gasteiger partial charge in [0.25, 0.3) is 0 Å². The van der Waals surface area contributed by atoms with Crippen LogP contribution in [-0.2, 0) is 0 Å². The summed E-state index contributed by atoms with van der Waals surface area (Å²) in [6.45, 7) is 1.93. The van der Waals surface area contributed by atoms with E-state index >= 15 is 0 Å². The van der Waals surface area contributed by atoms with Crippen molar-refractivity contribution in [3.8, 4) is 0 Å². The van der Waals surface area contributed by atoms with Crippen LogP contribution in [0.2, 0.25) is 0 Å². The summed E-state index contributed by atoms with van der Waals surface area (Å²) < 4.78 is 0. The van der Waals surface area contributed by atoms with E-state index in [1.165, 1.54) is 17.6 Å². The normalized spacial score (nSPS) is 29.3. The number of benzene rings is 1. The lowest BCUT2D eigenvalue weighted by Crippen LogP contribution is -2.29. The SMILES string of the molecule is C[C@]1(O)CCCC/C1=C\c1ccccc1. The van der Waals surface area contributed by atoms with E-state index in [9.17, 15) is 5.11 Å². The third-order valence-corrected chi connectivity index (χ3v) is 3.19. The Labute approximate surface area is 91.4 Å². The van der Waals surface area contributed by atoms with Crippen LogP contribution in [0.15, 0.2) is 35.9 Å². The molecule has 0 aromatic heterocycles. The smallest absolute Gasteiger partial charge is 0.0832 e. The molecule has 0 bridgehead atoms. The minimum atomic E-state index is -0.589. The van der Waals surface area contributed by atoms with E-state index in [1.54, 1.807) is 0 Å². The summed E-state index contributed by atoms with van der Waals surface area (Å²) in [4.78, 5) is 0. The van der Waals surface area contributed by atoms with Gasteiger partial charge in [-0.3, -0.25) is 0 Å². The first-order valence-corrected chi connectivity index (χ1v) is 5.67. The predicted octanol–water partition coefficient (Wildman–Crippen LogP) is 3.40. The summed E-state index contributed by atoms with van der Waals surface area (Å²) in [6.07, 6.45) is 6.40. The number of hydrogen-bond donors (Lipinski definition) is 1. The van der Waals surface area contributed by atoms with Gasteiger partial charge >= 0.3 is 0 Å². The van der Waals surface area contributed by atoms with Crippen LogP contribution in [0, 0.1) is 0 Å². The second-order valence-corrected chi connectivity index (χ2v) is 4.56. The molecule has 1 aromatic carbocycles. The van der Waals surface area contributed by atoms with Crippen molar-refractivity contribution in [3.05, 3.63) is 41.5 Å². The Morgan fingerprint density at radius 2 is 1.93 bits per heavy atom. The van der Waals surface area contributed by atoms with Crippen LogP contribution < -0.4 is 0 Å². The molecule has 1 aromatic rings. The molecule has 0 spiro atoms. The van der Waals surface area contributed by atoms with Crippen LogP contribution in [0.5, 0.6) is 0 Å². The molecule has 1 nitrogen and oxygen atoms in total. The molecule has 1 N–H and O–H groups in total. The first-order chi connectivity index (χ1) is 7.18. The fourth-order valence-corrected chi connectivity index (χ4v) is 2.19. The molecule has 1 fully saturated rings. The van der Waals surface area contributed by atoms with Gasteiger partial charge in [-0.25, -0.2) is 0 Å². The summed E-state index contributed by atoms with van der Waals surface area (Å²) in [7, 11) is 0. The first kappa shape index (κ1) is 10.4. The molecule has 0 aliphatic heterocycles.